The van der Waals surface area contributed by atoms with Gasteiger partial charge in [0.2, 0.25) is 0 Å². The number of rotatable bonds is 3. The second-order valence-electron chi connectivity index (χ2n) is 7.76. The summed E-state index contributed by atoms with van der Waals surface area (Å²) in [6.45, 7) is 0. The summed E-state index contributed by atoms with van der Waals surface area (Å²) in [6.07, 6.45) is 5.56. The molecule has 0 spiro atoms. The van der Waals surface area contributed by atoms with Crippen molar-refractivity contribution in [2.75, 3.05) is 21.8 Å². The van der Waals surface area contributed by atoms with Crippen LogP contribution >= 0.6 is 11.8 Å². The molecule has 2 N–H and O–H groups in total. The quantitative estimate of drug-likeness (QED) is 0.469. The van der Waals surface area contributed by atoms with Gasteiger partial charge in [0.05, 0.1) is 17.6 Å². The summed E-state index contributed by atoms with van der Waals surface area (Å²) in [4.78, 5) is 29.6. The minimum atomic E-state index is -0.660. The third-order valence-electron chi connectivity index (χ3n) is 5.79. The van der Waals surface area contributed by atoms with Gasteiger partial charge in [-0.15, -0.1) is 11.8 Å². The zero-order valence-electron chi connectivity index (χ0n) is 17.6. The first-order valence-electron chi connectivity index (χ1n) is 10.6. The Morgan fingerprint density at radius 2 is 2.00 bits per heavy atom. The highest BCUT2D eigenvalue weighted by molar-refractivity contribution is 7.98. The van der Waals surface area contributed by atoms with Gasteiger partial charge in [-0.25, -0.2) is 4.79 Å². The number of fused-ring (bicyclic) bond motifs is 1. The number of para-hydroxylation sites is 2. The first-order chi connectivity index (χ1) is 15.7. The molecule has 0 radical (unpaired) electrons. The van der Waals surface area contributed by atoms with Gasteiger partial charge in [-0.2, -0.15) is 0 Å². The molecule has 2 aliphatic rings. The molecule has 7 heteroatoms. The Kier molecular flexibility index (Phi) is 5.49. The lowest BCUT2D eigenvalue weighted by molar-refractivity contribution is -0.116. The standard InChI is InChI=1S/C25H23N3O3S/c1-32-17-8-4-7-16(15-17)26-25(30)28-20-11-3-2-9-18(20)27-19-10-5-12-21(29)23(19)24(28)22-13-6-14-31-22/h2-4,6-9,11,13-15,24,27H,5,10,12H2,1H3,(H,26,30)/t24-/m0/s1. The average molecular weight is 446 g/mol. The van der Waals surface area contributed by atoms with E-state index in [0.717, 1.165) is 29.1 Å². The number of allylic oxidation sites excluding steroid dienone is 1. The SMILES string of the molecule is CSc1cccc(NC(=O)N2c3ccccc3NC3=C(C(=O)CCC3)[C@@H]2c2ccco2)c1. The van der Waals surface area contributed by atoms with Crippen LogP contribution in [0, 0.1) is 0 Å². The number of carbonyl (C=O) groups excluding carboxylic acids is 2. The van der Waals surface area contributed by atoms with Crippen molar-refractivity contribution in [1.29, 1.82) is 0 Å². The first kappa shape index (κ1) is 20.5. The van der Waals surface area contributed by atoms with Crippen LogP contribution in [0.4, 0.5) is 21.9 Å². The fourth-order valence-electron chi connectivity index (χ4n) is 4.36. The van der Waals surface area contributed by atoms with Gasteiger partial charge >= 0.3 is 6.03 Å². The Balaban J connectivity index is 1.65. The van der Waals surface area contributed by atoms with Crippen molar-refractivity contribution in [3.8, 4) is 0 Å². The lowest BCUT2D eigenvalue weighted by Gasteiger charge is -2.32. The molecule has 0 saturated heterocycles. The third-order valence-corrected chi connectivity index (χ3v) is 6.51. The van der Waals surface area contributed by atoms with E-state index in [1.54, 1.807) is 29.0 Å². The molecule has 1 aliphatic carbocycles. The number of amides is 2. The number of thioether (sulfide) groups is 1. The Bertz CT molecular complexity index is 1200. The van der Waals surface area contributed by atoms with Crippen LogP contribution in [0.2, 0.25) is 0 Å². The van der Waals surface area contributed by atoms with E-state index in [-0.39, 0.29) is 11.8 Å². The number of carbonyl (C=O) groups is 2. The van der Waals surface area contributed by atoms with E-state index in [0.29, 0.717) is 29.1 Å². The van der Waals surface area contributed by atoms with Crippen molar-refractivity contribution >= 4 is 40.6 Å². The molecule has 0 unspecified atom stereocenters. The molecule has 162 valence electrons. The summed E-state index contributed by atoms with van der Waals surface area (Å²) in [7, 11) is 0. The number of nitrogens with one attached hydrogen (secondary N) is 2. The van der Waals surface area contributed by atoms with Gasteiger partial charge in [-0.1, -0.05) is 18.2 Å². The van der Waals surface area contributed by atoms with Gasteiger partial charge in [-0.3, -0.25) is 9.69 Å². The molecule has 0 saturated carbocycles. The Labute approximate surface area is 190 Å². The number of hydrogen-bond donors (Lipinski definition) is 2. The molecular formula is C25H23N3O3S. The van der Waals surface area contributed by atoms with Crippen LogP contribution in [0.25, 0.3) is 0 Å². The molecule has 0 bridgehead atoms. The van der Waals surface area contributed by atoms with Gasteiger partial charge in [0.1, 0.15) is 11.8 Å². The fourth-order valence-corrected chi connectivity index (χ4v) is 4.82. The highest BCUT2D eigenvalue weighted by Gasteiger charge is 2.41. The summed E-state index contributed by atoms with van der Waals surface area (Å²) in [5.41, 5.74) is 3.62. The van der Waals surface area contributed by atoms with Crippen molar-refractivity contribution in [2.45, 2.75) is 30.2 Å². The topological polar surface area (TPSA) is 74.6 Å². The van der Waals surface area contributed by atoms with Gasteiger partial charge in [0.15, 0.2) is 5.78 Å². The van der Waals surface area contributed by atoms with Crippen LogP contribution < -0.4 is 15.5 Å². The van der Waals surface area contributed by atoms with E-state index in [1.165, 1.54) is 0 Å². The van der Waals surface area contributed by atoms with Gasteiger partial charge < -0.3 is 15.1 Å². The molecule has 1 atom stereocenters. The number of Topliss-reactive ketones (excluding diaryl/α,β-unsaturated/α-hetero) is 1. The Hall–Kier alpha value is -3.45. The van der Waals surface area contributed by atoms with Crippen molar-refractivity contribution in [1.82, 2.24) is 0 Å². The fraction of sp³-hybridized carbons (Fsp3) is 0.200. The van der Waals surface area contributed by atoms with E-state index in [9.17, 15) is 9.59 Å². The predicted molar refractivity (Wildman–Crippen MR) is 127 cm³/mol. The molecule has 32 heavy (non-hydrogen) atoms. The van der Waals surface area contributed by atoms with Crippen molar-refractivity contribution in [3.05, 3.63) is 84.0 Å². The lowest BCUT2D eigenvalue weighted by atomic mass is 9.88. The largest absolute Gasteiger partial charge is 0.467 e. The van der Waals surface area contributed by atoms with Crippen LogP contribution in [0.1, 0.15) is 31.1 Å². The van der Waals surface area contributed by atoms with Crippen molar-refractivity contribution < 1.29 is 14.0 Å². The number of furan rings is 1. The minimum absolute atomic E-state index is 0.0372. The van der Waals surface area contributed by atoms with Gasteiger partial charge in [0, 0.05) is 28.3 Å². The zero-order chi connectivity index (χ0) is 22.1. The molecule has 0 fully saturated rings. The highest BCUT2D eigenvalue weighted by atomic mass is 32.2. The van der Waals surface area contributed by atoms with E-state index in [2.05, 4.69) is 10.6 Å². The minimum Gasteiger partial charge on any atom is -0.467 e. The van der Waals surface area contributed by atoms with Crippen LogP contribution in [0.3, 0.4) is 0 Å². The van der Waals surface area contributed by atoms with Crippen molar-refractivity contribution in [3.63, 3.8) is 0 Å². The predicted octanol–water partition coefficient (Wildman–Crippen LogP) is 6.21. The summed E-state index contributed by atoms with van der Waals surface area (Å²) in [6, 6.07) is 17.9. The first-order valence-corrected chi connectivity index (χ1v) is 11.8. The summed E-state index contributed by atoms with van der Waals surface area (Å²) < 4.78 is 5.77. The molecule has 2 heterocycles. The number of anilines is 3. The van der Waals surface area contributed by atoms with Gasteiger partial charge in [-0.05, 0) is 61.6 Å². The molecular weight excluding hydrogens is 422 g/mol. The molecule has 6 nitrogen and oxygen atoms in total. The second-order valence-corrected chi connectivity index (χ2v) is 8.64. The molecule has 5 rings (SSSR count). The second kappa shape index (κ2) is 8.59. The van der Waals surface area contributed by atoms with Crippen LogP contribution in [-0.2, 0) is 4.79 Å². The Morgan fingerprint density at radius 1 is 1.12 bits per heavy atom. The monoisotopic (exact) mass is 445 g/mol. The number of hydrogen-bond acceptors (Lipinski definition) is 5. The van der Waals surface area contributed by atoms with Crippen LogP contribution in [0.15, 0.2) is 87.5 Å². The van der Waals surface area contributed by atoms with Crippen LogP contribution in [-0.4, -0.2) is 18.1 Å². The average Bonchev–Trinajstić information content (AvgIpc) is 3.28. The molecule has 1 aliphatic heterocycles. The molecule has 1 aromatic heterocycles. The zero-order valence-corrected chi connectivity index (χ0v) is 18.4. The highest BCUT2D eigenvalue weighted by Crippen LogP contribution is 2.45. The maximum absolute atomic E-state index is 13.8. The van der Waals surface area contributed by atoms with E-state index in [4.69, 9.17) is 4.42 Å². The van der Waals surface area contributed by atoms with Crippen molar-refractivity contribution in [2.24, 2.45) is 0 Å². The summed E-state index contributed by atoms with van der Waals surface area (Å²) in [5, 5.41) is 6.47. The molecule has 2 amide bonds. The maximum Gasteiger partial charge on any atom is 0.327 e. The smallest absolute Gasteiger partial charge is 0.327 e. The van der Waals surface area contributed by atoms with E-state index >= 15 is 0 Å². The van der Waals surface area contributed by atoms with E-state index in [1.807, 2.05) is 60.9 Å². The number of ketones is 1. The lowest BCUT2D eigenvalue weighted by Crippen LogP contribution is -2.40. The summed E-state index contributed by atoms with van der Waals surface area (Å²) >= 11 is 1.61. The molecule has 2 aromatic carbocycles. The number of urea groups is 1. The third kappa shape index (κ3) is 3.69. The number of nitrogens with zero attached hydrogens (tertiary/aromatic N) is 1. The van der Waals surface area contributed by atoms with E-state index < -0.39 is 6.04 Å². The Morgan fingerprint density at radius 3 is 2.81 bits per heavy atom. The van der Waals surface area contributed by atoms with Gasteiger partial charge in [0.25, 0.3) is 0 Å². The number of benzene rings is 2. The maximum atomic E-state index is 13.8. The normalized spacial score (nSPS) is 17.8. The summed E-state index contributed by atoms with van der Waals surface area (Å²) in [5.74, 6) is 0.592. The van der Waals surface area contributed by atoms with Crippen LogP contribution in [0.5, 0.6) is 0 Å². The molecule has 3 aromatic rings.